The van der Waals surface area contributed by atoms with Gasteiger partial charge in [0.25, 0.3) is 0 Å². The lowest BCUT2D eigenvalue weighted by atomic mass is 9.73. The van der Waals surface area contributed by atoms with Crippen LogP contribution in [-0.2, 0) is 0 Å². The predicted octanol–water partition coefficient (Wildman–Crippen LogP) is 5.15. The Morgan fingerprint density at radius 1 is 1.20 bits per heavy atom. The summed E-state index contributed by atoms with van der Waals surface area (Å²) in [5, 5.41) is 4.68. The lowest BCUT2D eigenvalue weighted by Crippen LogP contribution is -2.45. The van der Waals surface area contributed by atoms with Crippen LogP contribution in [0.4, 0.5) is 0 Å². The van der Waals surface area contributed by atoms with Crippen molar-refractivity contribution in [3.8, 4) is 0 Å². The van der Waals surface area contributed by atoms with Crippen molar-refractivity contribution >= 4 is 11.6 Å². The van der Waals surface area contributed by atoms with E-state index in [0.717, 1.165) is 11.1 Å². The van der Waals surface area contributed by atoms with Gasteiger partial charge in [0.05, 0.1) is 0 Å². The second-order valence-corrected chi connectivity index (χ2v) is 7.61. The Morgan fingerprint density at radius 2 is 1.95 bits per heavy atom. The first-order valence-corrected chi connectivity index (χ1v) is 8.51. The van der Waals surface area contributed by atoms with Crippen LogP contribution in [0.3, 0.4) is 0 Å². The Labute approximate surface area is 128 Å². The van der Waals surface area contributed by atoms with Crippen LogP contribution in [0.1, 0.15) is 63.4 Å². The first kappa shape index (κ1) is 14.4. The second kappa shape index (κ2) is 6.07. The predicted molar refractivity (Wildman–Crippen MR) is 86.4 cm³/mol. The summed E-state index contributed by atoms with van der Waals surface area (Å²) in [5.41, 5.74) is 1.97. The number of rotatable bonds is 4. The maximum absolute atomic E-state index is 6.07. The van der Waals surface area contributed by atoms with Crippen molar-refractivity contribution < 1.29 is 0 Å². The first-order valence-electron chi connectivity index (χ1n) is 8.13. The van der Waals surface area contributed by atoms with E-state index in [1.807, 2.05) is 6.07 Å². The summed E-state index contributed by atoms with van der Waals surface area (Å²) in [6, 6.07) is 9.10. The normalized spacial score (nSPS) is 28.9. The van der Waals surface area contributed by atoms with Crippen molar-refractivity contribution in [2.75, 3.05) is 6.54 Å². The van der Waals surface area contributed by atoms with Crippen molar-refractivity contribution in [2.45, 2.75) is 63.8 Å². The molecule has 0 spiro atoms. The number of nitrogens with one attached hydrogen (secondary N) is 1. The van der Waals surface area contributed by atoms with E-state index >= 15 is 0 Å². The Morgan fingerprint density at radius 3 is 2.65 bits per heavy atom. The molecule has 0 unspecified atom stereocenters. The largest absolute Gasteiger partial charge is 0.313 e. The van der Waals surface area contributed by atoms with Crippen LogP contribution < -0.4 is 5.32 Å². The summed E-state index contributed by atoms with van der Waals surface area (Å²) >= 11 is 6.07. The third-order valence-electron chi connectivity index (χ3n) is 5.34. The van der Waals surface area contributed by atoms with E-state index in [-0.39, 0.29) is 0 Å². The van der Waals surface area contributed by atoms with Crippen LogP contribution in [0.15, 0.2) is 24.3 Å². The molecule has 0 heterocycles. The Balaban J connectivity index is 1.44. The summed E-state index contributed by atoms with van der Waals surface area (Å²) in [5.74, 6) is 0.713. The molecule has 0 aliphatic heterocycles. The molecule has 2 fully saturated rings. The Hall–Kier alpha value is -0.530. The van der Waals surface area contributed by atoms with Gasteiger partial charge < -0.3 is 5.32 Å². The highest BCUT2D eigenvalue weighted by molar-refractivity contribution is 6.30. The minimum atomic E-state index is 0.555. The highest BCUT2D eigenvalue weighted by Gasteiger charge is 2.33. The standard InChI is InChI=1S/C18H26ClN/c1-18(8-3-2-4-9-18)13-20-17-11-15(12-17)14-6-5-7-16(19)10-14/h5-7,10,15,17,20H,2-4,8-9,11-13H2,1H3. The SMILES string of the molecule is CC1(CNC2CC(c3cccc(Cl)c3)C2)CCCCC1. The maximum atomic E-state index is 6.07. The molecule has 3 rings (SSSR count). The van der Waals surface area contributed by atoms with Crippen molar-refractivity contribution in [1.82, 2.24) is 5.32 Å². The van der Waals surface area contributed by atoms with Crippen LogP contribution in [0, 0.1) is 5.41 Å². The van der Waals surface area contributed by atoms with E-state index < -0.39 is 0 Å². The molecule has 0 amide bonds. The highest BCUT2D eigenvalue weighted by Crippen LogP contribution is 2.39. The van der Waals surface area contributed by atoms with Gasteiger partial charge in [-0.2, -0.15) is 0 Å². The van der Waals surface area contributed by atoms with Gasteiger partial charge >= 0.3 is 0 Å². The summed E-state index contributed by atoms with van der Waals surface area (Å²) in [4.78, 5) is 0. The number of hydrogen-bond donors (Lipinski definition) is 1. The zero-order valence-electron chi connectivity index (χ0n) is 12.5. The number of halogens is 1. The lowest BCUT2D eigenvalue weighted by Gasteiger charge is -2.41. The molecule has 1 aromatic carbocycles. The van der Waals surface area contributed by atoms with Gasteiger partial charge in [-0.15, -0.1) is 0 Å². The quantitative estimate of drug-likeness (QED) is 0.809. The van der Waals surface area contributed by atoms with E-state index in [2.05, 4.69) is 30.4 Å². The fraction of sp³-hybridized carbons (Fsp3) is 0.667. The van der Waals surface area contributed by atoms with Crippen molar-refractivity contribution in [1.29, 1.82) is 0 Å². The molecule has 20 heavy (non-hydrogen) atoms. The smallest absolute Gasteiger partial charge is 0.0408 e. The average Bonchev–Trinajstić information content (AvgIpc) is 2.38. The molecule has 2 saturated carbocycles. The molecule has 110 valence electrons. The van der Waals surface area contributed by atoms with Gasteiger partial charge in [-0.1, -0.05) is 49.9 Å². The van der Waals surface area contributed by atoms with Gasteiger partial charge in [0, 0.05) is 17.6 Å². The zero-order chi connectivity index (χ0) is 14.0. The van der Waals surface area contributed by atoms with Crippen LogP contribution >= 0.6 is 11.6 Å². The van der Waals surface area contributed by atoms with Crippen LogP contribution in [0.5, 0.6) is 0 Å². The van der Waals surface area contributed by atoms with Gasteiger partial charge in [0.1, 0.15) is 0 Å². The van der Waals surface area contributed by atoms with Gasteiger partial charge in [0.15, 0.2) is 0 Å². The molecular weight excluding hydrogens is 266 g/mol. The minimum Gasteiger partial charge on any atom is -0.313 e. The molecule has 2 heteroatoms. The highest BCUT2D eigenvalue weighted by atomic mass is 35.5. The molecule has 0 atom stereocenters. The molecule has 0 aromatic heterocycles. The maximum Gasteiger partial charge on any atom is 0.0408 e. The molecule has 1 N–H and O–H groups in total. The third kappa shape index (κ3) is 3.38. The monoisotopic (exact) mass is 291 g/mol. The first-order chi connectivity index (χ1) is 9.65. The summed E-state index contributed by atoms with van der Waals surface area (Å²) in [6.07, 6.45) is 9.65. The van der Waals surface area contributed by atoms with Crippen molar-refractivity contribution in [2.24, 2.45) is 5.41 Å². The topological polar surface area (TPSA) is 12.0 Å². The third-order valence-corrected chi connectivity index (χ3v) is 5.57. The average molecular weight is 292 g/mol. The van der Waals surface area contributed by atoms with Gasteiger partial charge in [-0.25, -0.2) is 0 Å². The van der Waals surface area contributed by atoms with E-state index in [9.17, 15) is 0 Å². The van der Waals surface area contributed by atoms with E-state index in [1.54, 1.807) is 0 Å². The number of hydrogen-bond acceptors (Lipinski definition) is 1. The fourth-order valence-corrected chi connectivity index (χ4v) is 3.99. The lowest BCUT2D eigenvalue weighted by molar-refractivity contribution is 0.178. The Bertz CT molecular complexity index is 444. The molecule has 0 bridgehead atoms. The van der Waals surface area contributed by atoms with E-state index in [4.69, 9.17) is 11.6 Å². The molecular formula is C18H26ClN. The minimum absolute atomic E-state index is 0.555. The van der Waals surface area contributed by atoms with Gasteiger partial charge in [-0.05, 0) is 54.7 Å². The summed E-state index contributed by atoms with van der Waals surface area (Å²) in [6.45, 7) is 3.67. The second-order valence-electron chi connectivity index (χ2n) is 7.17. The summed E-state index contributed by atoms with van der Waals surface area (Å²) in [7, 11) is 0. The molecule has 1 aromatic rings. The van der Waals surface area contributed by atoms with E-state index in [1.165, 1.54) is 57.1 Å². The Kier molecular flexibility index (Phi) is 4.37. The summed E-state index contributed by atoms with van der Waals surface area (Å²) < 4.78 is 0. The van der Waals surface area contributed by atoms with Gasteiger partial charge in [0.2, 0.25) is 0 Å². The van der Waals surface area contributed by atoms with Gasteiger partial charge in [-0.3, -0.25) is 0 Å². The van der Waals surface area contributed by atoms with Crippen LogP contribution in [0.2, 0.25) is 5.02 Å². The van der Waals surface area contributed by atoms with Crippen LogP contribution in [-0.4, -0.2) is 12.6 Å². The molecule has 0 saturated heterocycles. The molecule has 2 aliphatic carbocycles. The van der Waals surface area contributed by atoms with E-state index in [0.29, 0.717) is 11.3 Å². The van der Waals surface area contributed by atoms with Crippen LogP contribution in [0.25, 0.3) is 0 Å². The number of benzene rings is 1. The zero-order valence-corrected chi connectivity index (χ0v) is 13.3. The molecule has 2 aliphatic rings. The van der Waals surface area contributed by atoms with Crippen molar-refractivity contribution in [3.05, 3.63) is 34.9 Å². The fourth-order valence-electron chi connectivity index (χ4n) is 3.79. The van der Waals surface area contributed by atoms with Crippen molar-refractivity contribution in [3.63, 3.8) is 0 Å². The molecule has 1 nitrogen and oxygen atoms in total. The molecule has 0 radical (unpaired) electrons.